The first-order chi connectivity index (χ1) is 12.8. The maximum absolute atomic E-state index is 12.6. The van der Waals surface area contributed by atoms with Crippen LogP contribution in [0.2, 0.25) is 0 Å². The summed E-state index contributed by atoms with van der Waals surface area (Å²) in [6.45, 7) is 2.96. The average Bonchev–Trinajstić information content (AvgIpc) is 3.32. The largest absolute Gasteiger partial charge is 0.450 e. The molecule has 3 heterocycles. The summed E-state index contributed by atoms with van der Waals surface area (Å²) >= 11 is 0. The van der Waals surface area contributed by atoms with Crippen molar-refractivity contribution < 1.29 is 13.9 Å². The molecule has 1 aliphatic heterocycles. The fraction of sp³-hybridized carbons (Fsp3) is 0.421. The zero-order chi connectivity index (χ0) is 17.9. The van der Waals surface area contributed by atoms with E-state index in [1.54, 1.807) is 7.11 Å². The highest BCUT2D eigenvalue weighted by molar-refractivity contribution is 6.07. The summed E-state index contributed by atoms with van der Waals surface area (Å²) in [5, 5.41) is 3.77. The Morgan fingerprint density at radius 1 is 1.27 bits per heavy atom. The first kappa shape index (κ1) is 16.8. The molecule has 136 valence electrons. The van der Waals surface area contributed by atoms with E-state index < -0.39 is 0 Å². The van der Waals surface area contributed by atoms with Crippen molar-refractivity contribution >= 4 is 33.8 Å². The Hall–Kier alpha value is -2.67. The minimum absolute atomic E-state index is 0.184. The Kier molecular flexibility index (Phi) is 4.71. The van der Waals surface area contributed by atoms with Crippen LogP contribution in [-0.2, 0) is 4.74 Å². The quantitative estimate of drug-likeness (QED) is 0.686. The number of anilines is 1. The molecule has 0 atom stereocenters. The van der Waals surface area contributed by atoms with Gasteiger partial charge in [-0.25, -0.2) is 9.97 Å². The van der Waals surface area contributed by atoms with E-state index in [-0.39, 0.29) is 11.7 Å². The molecule has 0 saturated carbocycles. The van der Waals surface area contributed by atoms with Gasteiger partial charge in [0.05, 0.1) is 0 Å². The third-order valence-electron chi connectivity index (χ3n) is 4.62. The number of rotatable bonds is 6. The molecule has 0 spiro atoms. The molecule has 1 aromatic carbocycles. The third-order valence-corrected chi connectivity index (χ3v) is 4.62. The lowest BCUT2D eigenvalue weighted by atomic mass is 10.2. The lowest BCUT2D eigenvalue weighted by Gasteiger charge is -2.16. The van der Waals surface area contributed by atoms with Crippen molar-refractivity contribution in [3.05, 3.63) is 30.1 Å². The van der Waals surface area contributed by atoms with Gasteiger partial charge in [-0.2, -0.15) is 0 Å². The smallest absolute Gasteiger partial charge is 0.289 e. The van der Waals surface area contributed by atoms with E-state index in [0.717, 1.165) is 43.3 Å². The molecular weight excluding hydrogens is 332 g/mol. The molecule has 26 heavy (non-hydrogen) atoms. The molecule has 1 N–H and O–H groups in total. The summed E-state index contributed by atoms with van der Waals surface area (Å²) in [5.74, 6) is 0.628. The minimum atomic E-state index is -0.270. The van der Waals surface area contributed by atoms with E-state index in [1.165, 1.54) is 0 Å². The van der Waals surface area contributed by atoms with Crippen LogP contribution in [0, 0.1) is 0 Å². The Bertz CT molecular complexity index is 931. The highest BCUT2D eigenvalue weighted by Gasteiger charge is 2.24. The number of amides is 1. The molecule has 0 aliphatic carbocycles. The summed E-state index contributed by atoms with van der Waals surface area (Å²) in [4.78, 5) is 23.8. The van der Waals surface area contributed by atoms with Crippen molar-refractivity contribution in [2.24, 2.45) is 0 Å². The predicted octanol–water partition coefficient (Wildman–Crippen LogP) is 2.74. The number of ether oxygens (including phenoxy) is 1. The molecule has 0 radical (unpaired) electrons. The van der Waals surface area contributed by atoms with Gasteiger partial charge < -0.3 is 19.4 Å². The van der Waals surface area contributed by atoms with Gasteiger partial charge in [0.25, 0.3) is 5.91 Å². The molecule has 1 amide bonds. The lowest BCUT2D eigenvalue weighted by Crippen LogP contribution is -2.28. The van der Waals surface area contributed by atoms with Crippen LogP contribution in [-0.4, -0.2) is 49.2 Å². The van der Waals surface area contributed by atoms with Crippen LogP contribution >= 0.6 is 0 Å². The molecule has 7 heteroatoms. The lowest BCUT2D eigenvalue weighted by molar-refractivity contribution is 0.0938. The van der Waals surface area contributed by atoms with Gasteiger partial charge in [0.15, 0.2) is 11.4 Å². The summed E-state index contributed by atoms with van der Waals surface area (Å²) in [6.07, 6.45) is 2.98. The number of benzene rings is 1. The maximum atomic E-state index is 12.6. The van der Waals surface area contributed by atoms with Gasteiger partial charge in [0.2, 0.25) is 5.82 Å². The Morgan fingerprint density at radius 3 is 2.88 bits per heavy atom. The van der Waals surface area contributed by atoms with E-state index in [2.05, 4.69) is 20.2 Å². The van der Waals surface area contributed by atoms with E-state index in [0.29, 0.717) is 30.1 Å². The summed E-state index contributed by atoms with van der Waals surface area (Å²) in [5.41, 5.74) is 2.11. The summed E-state index contributed by atoms with van der Waals surface area (Å²) < 4.78 is 11.0. The minimum Gasteiger partial charge on any atom is -0.450 e. The number of aromatic nitrogens is 2. The van der Waals surface area contributed by atoms with Gasteiger partial charge in [-0.3, -0.25) is 4.79 Å². The number of fused-ring (bicyclic) bond motifs is 3. The maximum Gasteiger partial charge on any atom is 0.289 e. The predicted molar refractivity (Wildman–Crippen MR) is 99.6 cm³/mol. The van der Waals surface area contributed by atoms with Crippen LogP contribution in [0.25, 0.3) is 22.1 Å². The normalized spacial score (nSPS) is 14.4. The SMILES string of the molecule is COCCCNC(=O)c1nc(N2CCCC2)c2oc3ccccc3c2n1. The molecule has 1 aliphatic rings. The summed E-state index contributed by atoms with van der Waals surface area (Å²) in [7, 11) is 1.64. The molecule has 0 unspecified atom stereocenters. The van der Waals surface area contributed by atoms with Crippen LogP contribution < -0.4 is 10.2 Å². The third kappa shape index (κ3) is 3.10. The van der Waals surface area contributed by atoms with Gasteiger partial charge in [0.1, 0.15) is 11.1 Å². The number of furan rings is 1. The second-order valence-corrected chi connectivity index (χ2v) is 6.44. The van der Waals surface area contributed by atoms with Crippen LogP contribution in [0.15, 0.2) is 28.7 Å². The number of nitrogens with zero attached hydrogens (tertiary/aromatic N) is 3. The molecule has 0 bridgehead atoms. The highest BCUT2D eigenvalue weighted by atomic mass is 16.5. The summed E-state index contributed by atoms with van der Waals surface area (Å²) in [6, 6.07) is 7.74. The fourth-order valence-electron chi connectivity index (χ4n) is 3.32. The number of hydrogen-bond acceptors (Lipinski definition) is 6. The van der Waals surface area contributed by atoms with Crippen LogP contribution in [0.4, 0.5) is 5.82 Å². The number of carbonyl (C=O) groups excluding carboxylic acids is 1. The van der Waals surface area contributed by atoms with Crippen LogP contribution in [0.5, 0.6) is 0 Å². The monoisotopic (exact) mass is 354 g/mol. The van der Waals surface area contributed by atoms with Gasteiger partial charge in [-0.05, 0) is 31.4 Å². The molecule has 1 saturated heterocycles. The first-order valence-corrected chi connectivity index (χ1v) is 8.99. The number of hydrogen-bond donors (Lipinski definition) is 1. The number of nitrogens with one attached hydrogen (secondary N) is 1. The number of methoxy groups -OCH3 is 1. The van der Waals surface area contributed by atoms with Crippen LogP contribution in [0.1, 0.15) is 29.9 Å². The highest BCUT2D eigenvalue weighted by Crippen LogP contribution is 2.34. The molecule has 4 rings (SSSR count). The molecule has 1 fully saturated rings. The average molecular weight is 354 g/mol. The van der Waals surface area contributed by atoms with Crippen molar-refractivity contribution in [2.45, 2.75) is 19.3 Å². The van der Waals surface area contributed by atoms with Gasteiger partial charge in [-0.1, -0.05) is 12.1 Å². The molecule has 7 nitrogen and oxygen atoms in total. The van der Waals surface area contributed by atoms with Crippen molar-refractivity contribution in [1.29, 1.82) is 0 Å². The molecule has 2 aromatic heterocycles. The zero-order valence-corrected chi connectivity index (χ0v) is 14.8. The van der Waals surface area contributed by atoms with Gasteiger partial charge in [-0.15, -0.1) is 0 Å². The molecular formula is C19H22N4O3. The Labute approximate surface area is 151 Å². The van der Waals surface area contributed by atoms with E-state index >= 15 is 0 Å². The topological polar surface area (TPSA) is 80.5 Å². The Balaban J connectivity index is 1.75. The van der Waals surface area contributed by atoms with Crippen LogP contribution in [0.3, 0.4) is 0 Å². The van der Waals surface area contributed by atoms with Crippen molar-refractivity contribution in [1.82, 2.24) is 15.3 Å². The van der Waals surface area contributed by atoms with E-state index in [4.69, 9.17) is 9.15 Å². The number of carbonyl (C=O) groups is 1. The van der Waals surface area contributed by atoms with Gasteiger partial charge in [0, 0.05) is 38.7 Å². The zero-order valence-electron chi connectivity index (χ0n) is 14.8. The molecule has 3 aromatic rings. The van der Waals surface area contributed by atoms with E-state index in [1.807, 2.05) is 24.3 Å². The van der Waals surface area contributed by atoms with Crippen molar-refractivity contribution in [3.8, 4) is 0 Å². The van der Waals surface area contributed by atoms with E-state index in [9.17, 15) is 4.79 Å². The van der Waals surface area contributed by atoms with Crippen molar-refractivity contribution in [3.63, 3.8) is 0 Å². The Morgan fingerprint density at radius 2 is 2.08 bits per heavy atom. The number of para-hydroxylation sites is 1. The van der Waals surface area contributed by atoms with Gasteiger partial charge >= 0.3 is 0 Å². The second kappa shape index (κ2) is 7.29. The second-order valence-electron chi connectivity index (χ2n) is 6.44. The first-order valence-electron chi connectivity index (χ1n) is 8.99. The fourth-order valence-corrected chi connectivity index (χ4v) is 3.32. The standard InChI is InChI=1S/C19H22N4O3/c1-25-12-6-9-20-19(24)17-21-15-13-7-2-3-8-14(13)26-16(15)18(22-17)23-10-4-5-11-23/h2-3,7-8H,4-6,9-12H2,1H3,(H,20,24). The van der Waals surface area contributed by atoms with Crippen molar-refractivity contribution in [2.75, 3.05) is 38.3 Å².